The van der Waals surface area contributed by atoms with Crippen molar-refractivity contribution in [1.82, 2.24) is 0 Å². The summed E-state index contributed by atoms with van der Waals surface area (Å²) in [5.74, 6) is 0. The van der Waals surface area contributed by atoms with Crippen molar-refractivity contribution in [2.45, 2.75) is 13.8 Å². The van der Waals surface area contributed by atoms with Gasteiger partial charge in [-0.15, -0.1) is 11.0 Å². The van der Waals surface area contributed by atoms with E-state index >= 15 is 0 Å². The van der Waals surface area contributed by atoms with E-state index < -0.39 is 14.9 Å². The second kappa shape index (κ2) is 11.1. The molecule has 2 aromatic rings. The second-order valence-corrected chi connectivity index (χ2v) is 7.07. The van der Waals surface area contributed by atoms with Crippen LogP contribution in [0, 0.1) is 39.0 Å². The van der Waals surface area contributed by atoms with Gasteiger partial charge in [0.15, 0.2) is 11.4 Å². The molecule has 0 aliphatic rings. The molecule has 0 saturated carbocycles. The molecule has 0 aliphatic carbocycles. The summed E-state index contributed by atoms with van der Waals surface area (Å²) < 4.78 is 0.999. The van der Waals surface area contributed by atoms with E-state index in [4.69, 9.17) is 0 Å². The standard InChI is InChI=1S/C14H12Br2N5O7.K.H/c1-7-3-11(13(19(22)23)5-9(7)15)17-27-21(26)28-18-12-4-8(2)10(16)6-14(12)20(24)25;;/h3-6,17-18H,1-2H3;;/q+1;;. The summed E-state index contributed by atoms with van der Waals surface area (Å²) in [6.45, 7) is 3.36. The fraction of sp³-hybridized carbons (Fsp3) is 0.143. The summed E-state index contributed by atoms with van der Waals surface area (Å²) in [4.78, 5) is 41.6. The van der Waals surface area contributed by atoms with Crippen LogP contribution in [0.5, 0.6) is 0 Å². The normalized spacial score (nSPS) is 9.79. The number of halogens is 2. The number of hydrogen-bond acceptors (Lipinski definition) is 9. The Balaban J connectivity index is 0.00000420. The Bertz CT molecular complexity index is 900. The van der Waals surface area contributed by atoms with E-state index in [1.807, 2.05) is 0 Å². The molecule has 0 bridgehead atoms. The first-order chi connectivity index (χ1) is 13.1. The molecule has 0 unspecified atom stereocenters. The van der Waals surface area contributed by atoms with Gasteiger partial charge < -0.3 is 0 Å². The maximum absolute atomic E-state index is 11.6. The monoisotopic (exact) mass is 560 g/mol. The zero-order chi connectivity index (χ0) is 21.0. The van der Waals surface area contributed by atoms with E-state index in [0.29, 0.717) is 20.1 Å². The molecule has 12 nitrogen and oxygen atoms in total. The molecule has 0 atom stereocenters. The van der Waals surface area contributed by atoms with E-state index in [2.05, 4.69) is 52.7 Å². The number of nitro groups is 2. The Morgan fingerprint density at radius 2 is 1.14 bits per heavy atom. The molecule has 0 heterocycles. The Morgan fingerprint density at radius 1 is 0.793 bits per heavy atom. The first kappa shape index (κ1) is 25.7. The van der Waals surface area contributed by atoms with E-state index in [1.54, 1.807) is 13.8 Å². The molecule has 0 aliphatic heterocycles. The molecule has 150 valence electrons. The number of anilines is 2. The predicted molar refractivity (Wildman–Crippen MR) is 111 cm³/mol. The van der Waals surface area contributed by atoms with Crippen LogP contribution in [-0.2, 0) is 9.88 Å². The van der Waals surface area contributed by atoms with Gasteiger partial charge in [-0.05, 0) is 47.0 Å². The van der Waals surface area contributed by atoms with Gasteiger partial charge in [0.05, 0.1) is 9.85 Å². The van der Waals surface area contributed by atoms with Gasteiger partial charge >= 0.3 is 56.5 Å². The molecule has 0 spiro atoms. The summed E-state index contributed by atoms with van der Waals surface area (Å²) >= 11 is 6.34. The number of benzene rings is 2. The van der Waals surface area contributed by atoms with Crippen molar-refractivity contribution in [2.24, 2.45) is 0 Å². The van der Waals surface area contributed by atoms with Crippen LogP contribution in [0.25, 0.3) is 0 Å². The average Bonchev–Trinajstić information content (AvgIpc) is 2.62. The summed E-state index contributed by atoms with van der Waals surface area (Å²) in [7, 11) is 0. The van der Waals surface area contributed by atoms with E-state index in [9.17, 15) is 25.1 Å². The van der Waals surface area contributed by atoms with Gasteiger partial charge in [0.2, 0.25) is 0 Å². The molecule has 0 saturated heterocycles. The molecular weight excluding hydrogens is 549 g/mol. The van der Waals surface area contributed by atoms with Crippen molar-refractivity contribution in [2.75, 3.05) is 11.0 Å². The first-order valence-electron chi connectivity index (χ1n) is 7.32. The van der Waals surface area contributed by atoms with Crippen LogP contribution in [-0.4, -0.2) is 66.3 Å². The quantitative estimate of drug-likeness (QED) is 0.277. The third kappa shape index (κ3) is 6.83. The fourth-order valence-electron chi connectivity index (χ4n) is 2.00. The van der Waals surface area contributed by atoms with Gasteiger partial charge in [0.25, 0.3) is 11.4 Å². The van der Waals surface area contributed by atoms with Crippen LogP contribution >= 0.6 is 31.9 Å². The van der Waals surface area contributed by atoms with Crippen molar-refractivity contribution in [3.63, 3.8) is 0 Å². The van der Waals surface area contributed by atoms with E-state index in [-0.39, 0.29) is 74.1 Å². The molecule has 2 rings (SSSR count). The fourth-order valence-corrected chi connectivity index (χ4v) is 2.66. The maximum atomic E-state index is 11.6. The molecule has 15 heteroatoms. The Labute approximate surface area is 222 Å². The molecular formula is C14H13Br2KN5O7+. The number of nitro benzene ring substituents is 2. The number of hydrogen-bond donors (Lipinski definition) is 2. The third-order valence-corrected chi connectivity index (χ3v) is 5.12. The zero-order valence-corrected chi connectivity index (χ0v) is 17.4. The number of nitrogens with one attached hydrogen (secondary N) is 2. The Morgan fingerprint density at radius 3 is 1.45 bits per heavy atom. The number of aryl methyl sites for hydroxylation is 2. The first-order valence-corrected chi connectivity index (χ1v) is 8.91. The van der Waals surface area contributed by atoms with Crippen LogP contribution in [0.3, 0.4) is 0 Å². The molecule has 0 radical (unpaired) electrons. The van der Waals surface area contributed by atoms with E-state index in [0.717, 1.165) is 0 Å². The summed E-state index contributed by atoms with van der Waals surface area (Å²) in [5.41, 5.74) is 4.61. The van der Waals surface area contributed by atoms with Gasteiger partial charge in [-0.2, -0.15) is 0 Å². The number of nitrogens with zero attached hydrogens (tertiary/aromatic N) is 3. The van der Waals surface area contributed by atoms with Crippen LogP contribution in [0.1, 0.15) is 11.1 Å². The van der Waals surface area contributed by atoms with Crippen molar-refractivity contribution in [3.05, 3.63) is 69.5 Å². The van der Waals surface area contributed by atoms with Crippen LogP contribution in [0.15, 0.2) is 33.2 Å². The average molecular weight is 562 g/mol. The van der Waals surface area contributed by atoms with Crippen molar-refractivity contribution in [1.29, 1.82) is 0 Å². The zero-order valence-electron chi connectivity index (χ0n) is 14.3. The Hall–Kier alpha value is -1.36. The molecule has 0 fully saturated rings. The molecule has 2 aromatic carbocycles. The SMILES string of the molecule is Cc1cc(NO[N+](=O)ONc2cc(C)c(Br)cc2[N+](=O)[O-])c([N+](=O)[O-])cc1Br.[KH]. The Kier molecular flexibility index (Phi) is 9.86. The molecule has 0 aromatic heterocycles. The molecule has 2 N–H and O–H groups in total. The summed E-state index contributed by atoms with van der Waals surface area (Å²) in [5, 5.41) is 21.7. The third-order valence-electron chi connectivity index (χ3n) is 3.41. The van der Waals surface area contributed by atoms with Crippen molar-refractivity contribution >= 4 is 106 Å². The van der Waals surface area contributed by atoms with Crippen molar-refractivity contribution in [3.8, 4) is 0 Å². The van der Waals surface area contributed by atoms with Gasteiger partial charge in [-0.1, -0.05) is 31.9 Å². The second-order valence-electron chi connectivity index (χ2n) is 5.36. The summed E-state index contributed by atoms with van der Waals surface area (Å²) in [6.07, 6.45) is 0. The van der Waals surface area contributed by atoms with Crippen LogP contribution in [0.2, 0.25) is 0 Å². The van der Waals surface area contributed by atoms with Crippen LogP contribution in [0.4, 0.5) is 22.7 Å². The minimum absolute atomic E-state index is 0. The van der Waals surface area contributed by atoms with Crippen molar-refractivity contribution < 1.29 is 24.8 Å². The van der Waals surface area contributed by atoms with Gasteiger partial charge in [-0.3, -0.25) is 20.2 Å². The predicted octanol–water partition coefficient (Wildman–Crippen LogP) is 3.99. The minimum atomic E-state index is -0.669. The van der Waals surface area contributed by atoms with Crippen LogP contribution < -0.4 is 11.0 Å². The van der Waals surface area contributed by atoms with Gasteiger partial charge in [0.1, 0.15) is 4.91 Å². The molecule has 0 amide bonds. The van der Waals surface area contributed by atoms with E-state index in [1.165, 1.54) is 24.3 Å². The van der Waals surface area contributed by atoms with Gasteiger partial charge in [-0.25, -0.2) is 0 Å². The van der Waals surface area contributed by atoms with Gasteiger partial charge in [0, 0.05) is 21.1 Å². The topological polar surface area (TPSA) is 149 Å². The molecule has 29 heavy (non-hydrogen) atoms. The number of rotatable bonds is 8. The summed E-state index contributed by atoms with van der Waals surface area (Å²) in [6, 6.07) is 5.24.